The lowest BCUT2D eigenvalue weighted by atomic mass is 9.88. The van der Waals surface area contributed by atoms with Gasteiger partial charge in [0.15, 0.2) is 0 Å². The van der Waals surface area contributed by atoms with Crippen LogP contribution in [-0.4, -0.2) is 19.0 Å². The summed E-state index contributed by atoms with van der Waals surface area (Å²) >= 11 is 0. The molecule has 0 aliphatic carbocycles. The van der Waals surface area contributed by atoms with Gasteiger partial charge in [-0.2, -0.15) is 0 Å². The molecule has 3 aromatic carbocycles. The molecule has 0 radical (unpaired) electrons. The topological polar surface area (TPSA) is 41.1 Å². The normalized spacial score (nSPS) is 18.3. The maximum absolute atomic E-state index is 13.6. The van der Waals surface area contributed by atoms with Crippen LogP contribution in [0.15, 0.2) is 78.9 Å². The summed E-state index contributed by atoms with van der Waals surface area (Å²) in [5, 5.41) is 6.30. The van der Waals surface area contributed by atoms with Crippen LogP contribution in [0.25, 0.3) is 11.1 Å². The molecule has 0 unspecified atom stereocenters. The van der Waals surface area contributed by atoms with E-state index in [9.17, 15) is 9.18 Å². The monoisotopic (exact) mass is 396 g/mol. The summed E-state index contributed by atoms with van der Waals surface area (Å²) in [4.78, 5) is 12.9. The van der Waals surface area contributed by atoms with Crippen molar-refractivity contribution < 1.29 is 9.18 Å². The number of hydrogen-bond acceptors (Lipinski definition) is 2. The highest BCUT2D eigenvalue weighted by Crippen LogP contribution is 2.30. The molecule has 1 fully saturated rings. The van der Waals surface area contributed by atoms with Crippen LogP contribution >= 0.6 is 12.4 Å². The van der Waals surface area contributed by atoms with Crippen molar-refractivity contribution in [1.82, 2.24) is 5.32 Å². The Labute approximate surface area is 170 Å². The van der Waals surface area contributed by atoms with Gasteiger partial charge in [0.1, 0.15) is 5.82 Å². The molecular weight excluding hydrogens is 375 g/mol. The highest BCUT2D eigenvalue weighted by atomic mass is 35.5. The van der Waals surface area contributed by atoms with Crippen LogP contribution in [0.2, 0.25) is 0 Å². The van der Waals surface area contributed by atoms with Crippen molar-refractivity contribution in [3.8, 4) is 11.1 Å². The van der Waals surface area contributed by atoms with Crippen LogP contribution in [0.3, 0.4) is 0 Å². The summed E-state index contributed by atoms with van der Waals surface area (Å²) < 4.78 is 13.6. The number of amides is 1. The van der Waals surface area contributed by atoms with Crippen LogP contribution < -0.4 is 10.6 Å². The fourth-order valence-corrected chi connectivity index (χ4v) is 3.68. The zero-order chi connectivity index (χ0) is 18.6. The summed E-state index contributed by atoms with van der Waals surface area (Å²) in [6.07, 6.45) is 0. The zero-order valence-corrected chi connectivity index (χ0v) is 16.1. The minimum Gasteiger partial charge on any atom is -0.326 e. The third-order valence-corrected chi connectivity index (χ3v) is 5.07. The van der Waals surface area contributed by atoms with Crippen LogP contribution in [0.5, 0.6) is 0 Å². The van der Waals surface area contributed by atoms with Crippen LogP contribution in [0.1, 0.15) is 11.5 Å². The predicted octanol–water partition coefficient (Wildman–Crippen LogP) is 4.86. The van der Waals surface area contributed by atoms with Crippen LogP contribution in [0, 0.1) is 11.7 Å². The molecule has 1 aliphatic rings. The number of halogens is 2. The Bertz CT molecular complexity index is 948. The molecule has 1 amide bonds. The minimum absolute atomic E-state index is 0. The van der Waals surface area contributed by atoms with Gasteiger partial charge in [-0.15, -0.1) is 12.4 Å². The SMILES string of the molecule is Cl.O=C(Nc1cccc(-c2ccccc2)c1)[C@@H]1CNC[C@H]1c1cccc(F)c1. The lowest BCUT2D eigenvalue weighted by molar-refractivity contribution is -0.119. The van der Waals surface area contributed by atoms with E-state index in [2.05, 4.69) is 10.6 Å². The molecule has 3 nitrogen and oxygen atoms in total. The fourth-order valence-electron chi connectivity index (χ4n) is 3.68. The molecule has 1 saturated heterocycles. The van der Waals surface area contributed by atoms with E-state index < -0.39 is 0 Å². The standard InChI is InChI=1S/C23H21FN2O.ClH/c24-19-10-4-9-18(12-19)21-14-25-15-22(21)23(27)26-20-11-5-8-17(13-20)16-6-2-1-3-7-16;/h1-13,21-22,25H,14-15H2,(H,26,27);1H/t21-,22+;/m0./s1. The number of carbonyl (C=O) groups excluding carboxylic acids is 1. The fraction of sp³-hybridized carbons (Fsp3) is 0.174. The molecule has 0 spiro atoms. The van der Waals surface area contributed by atoms with Gasteiger partial charge < -0.3 is 10.6 Å². The summed E-state index contributed by atoms with van der Waals surface area (Å²) in [5.74, 6) is -0.571. The first-order chi connectivity index (χ1) is 13.2. The molecule has 3 aromatic rings. The van der Waals surface area contributed by atoms with Crippen molar-refractivity contribution in [3.05, 3.63) is 90.2 Å². The Kier molecular flexibility index (Phi) is 6.45. The largest absolute Gasteiger partial charge is 0.326 e. The first-order valence-corrected chi connectivity index (χ1v) is 9.13. The Morgan fingerprint density at radius 1 is 0.893 bits per heavy atom. The van der Waals surface area contributed by atoms with E-state index in [-0.39, 0.29) is 36.0 Å². The molecule has 1 heterocycles. The van der Waals surface area contributed by atoms with Gasteiger partial charge in [-0.1, -0.05) is 54.6 Å². The molecule has 0 bridgehead atoms. The maximum Gasteiger partial charge on any atom is 0.229 e. The second kappa shape index (κ2) is 9.00. The van der Waals surface area contributed by atoms with Gasteiger partial charge >= 0.3 is 0 Å². The highest BCUT2D eigenvalue weighted by Gasteiger charge is 2.34. The summed E-state index contributed by atoms with van der Waals surface area (Å²) in [7, 11) is 0. The molecule has 144 valence electrons. The number of benzene rings is 3. The van der Waals surface area contributed by atoms with Crippen LogP contribution in [-0.2, 0) is 4.79 Å². The Hall–Kier alpha value is -2.69. The molecular formula is C23H22ClFN2O. The van der Waals surface area contributed by atoms with Crippen molar-refractivity contribution in [2.75, 3.05) is 18.4 Å². The third-order valence-electron chi connectivity index (χ3n) is 5.07. The van der Waals surface area contributed by atoms with Gasteiger partial charge in [-0.3, -0.25) is 4.79 Å². The molecule has 2 N–H and O–H groups in total. The molecule has 4 rings (SSSR count). The first kappa shape index (κ1) is 20.1. The zero-order valence-electron chi connectivity index (χ0n) is 15.3. The molecule has 0 aromatic heterocycles. The molecule has 5 heteroatoms. The van der Waals surface area contributed by atoms with E-state index >= 15 is 0 Å². The minimum atomic E-state index is -0.269. The molecule has 2 atom stereocenters. The van der Waals surface area contributed by atoms with E-state index in [1.807, 2.05) is 60.7 Å². The van der Waals surface area contributed by atoms with Crippen molar-refractivity contribution in [2.24, 2.45) is 5.92 Å². The van der Waals surface area contributed by atoms with Crippen LogP contribution in [0.4, 0.5) is 10.1 Å². The Morgan fingerprint density at radius 2 is 1.64 bits per heavy atom. The number of rotatable bonds is 4. The van der Waals surface area contributed by atoms with Crippen molar-refractivity contribution in [2.45, 2.75) is 5.92 Å². The first-order valence-electron chi connectivity index (χ1n) is 9.13. The number of anilines is 1. The number of hydrogen-bond donors (Lipinski definition) is 2. The highest BCUT2D eigenvalue weighted by molar-refractivity contribution is 5.94. The van der Waals surface area contributed by atoms with Gasteiger partial charge in [0.25, 0.3) is 0 Å². The summed E-state index contributed by atoms with van der Waals surface area (Å²) in [6.45, 7) is 1.26. The smallest absolute Gasteiger partial charge is 0.229 e. The van der Waals surface area contributed by atoms with Crippen molar-refractivity contribution >= 4 is 24.0 Å². The second-order valence-corrected chi connectivity index (χ2v) is 6.86. The van der Waals surface area contributed by atoms with E-state index in [0.717, 1.165) is 22.4 Å². The van der Waals surface area contributed by atoms with E-state index in [4.69, 9.17) is 0 Å². The molecule has 1 aliphatic heterocycles. The predicted molar refractivity (Wildman–Crippen MR) is 113 cm³/mol. The second-order valence-electron chi connectivity index (χ2n) is 6.86. The van der Waals surface area contributed by atoms with Crippen molar-refractivity contribution in [1.29, 1.82) is 0 Å². The van der Waals surface area contributed by atoms with Gasteiger partial charge in [-0.25, -0.2) is 4.39 Å². The van der Waals surface area contributed by atoms with Gasteiger partial charge in [-0.05, 0) is 41.0 Å². The average Bonchev–Trinajstić information content (AvgIpc) is 3.19. The Morgan fingerprint density at radius 3 is 2.43 bits per heavy atom. The average molecular weight is 397 g/mol. The van der Waals surface area contributed by atoms with E-state index in [0.29, 0.717) is 13.1 Å². The summed E-state index contributed by atoms with van der Waals surface area (Å²) in [5.41, 5.74) is 3.79. The van der Waals surface area contributed by atoms with E-state index in [1.54, 1.807) is 6.07 Å². The Balaban J connectivity index is 0.00000225. The maximum atomic E-state index is 13.6. The van der Waals surface area contributed by atoms with Gasteiger partial charge in [0.2, 0.25) is 5.91 Å². The van der Waals surface area contributed by atoms with Crippen molar-refractivity contribution in [3.63, 3.8) is 0 Å². The lowest BCUT2D eigenvalue weighted by Gasteiger charge is -2.19. The lowest BCUT2D eigenvalue weighted by Crippen LogP contribution is -2.28. The van der Waals surface area contributed by atoms with Gasteiger partial charge in [0, 0.05) is 24.7 Å². The van der Waals surface area contributed by atoms with E-state index in [1.165, 1.54) is 12.1 Å². The number of nitrogens with one attached hydrogen (secondary N) is 2. The number of carbonyl (C=O) groups is 1. The quantitative estimate of drug-likeness (QED) is 0.661. The molecule has 0 saturated carbocycles. The van der Waals surface area contributed by atoms with Gasteiger partial charge in [0.05, 0.1) is 5.92 Å². The third kappa shape index (κ3) is 4.41. The summed E-state index contributed by atoms with van der Waals surface area (Å²) in [6, 6.07) is 24.4. The molecule has 28 heavy (non-hydrogen) atoms.